The first-order chi connectivity index (χ1) is 9.76. The molecule has 0 saturated heterocycles. The Morgan fingerprint density at radius 1 is 1.48 bits per heavy atom. The minimum atomic E-state index is 0. The largest absolute Gasteiger partial charge is 0.332 e. The van der Waals surface area contributed by atoms with Crippen LogP contribution in [0.5, 0.6) is 0 Å². The molecule has 0 spiro atoms. The number of hydrogen-bond donors (Lipinski definition) is 2. The van der Waals surface area contributed by atoms with Gasteiger partial charge in [-0.15, -0.1) is 23.7 Å². The van der Waals surface area contributed by atoms with Gasteiger partial charge in [0, 0.05) is 12.5 Å². The van der Waals surface area contributed by atoms with Gasteiger partial charge in [0.2, 0.25) is 0 Å². The van der Waals surface area contributed by atoms with Crippen LogP contribution in [0.1, 0.15) is 12.7 Å². The lowest BCUT2D eigenvalue weighted by Crippen LogP contribution is -2.24. The highest BCUT2D eigenvalue weighted by Gasteiger charge is 2.14. The summed E-state index contributed by atoms with van der Waals surface area (Å²) < 4.78 is 5.26. The summed E-state index contributed by atoms with van der Waals surface area (Å²) in [5, 5.41) is 16.4. The maximum Gasteiger partial charge on any atom is 0.278 e. The molecule has 0 fully saturated rings. The molecule has 0 saturated carbocycles. The van der Waals surface area contributed by atoms with E-state index in [1.54, 1.807) is 11.3 Å². The van der Waals surface area contributed by atoms with Gasteiger partial charge in [-0.3, -0.25) is 5.10 Å². The highest BCUT2D eigenvalue weighted by molar-refractivity contribution is 7.13. The minimum Gasteiger partial charge on any atom is -0.332 e. The van der Waals surface area contributed by atoms with E-state index in [9.17, 15) is 0 Å². The van der Waals surface area contributed by atoms with Crippen LogP contribution >= 0.6 is 23.7 Å². The Morgan fingerprint density at radius 2 is 2.33 bits per heavy atom. The van der Waals surface area contributed by atoms with Gasteiger partial charge in [0.05, 0.1) is 10.6 Å². The van der Waals surface area contributed by atoms with Crippen molar-refractivity contribution in [3.05, 3.63) is 29.4 Å². The van der Waals surface area contributed by atoms with Crippen molar-refractivity contribution in [2.45, 2.75) is 19.4 Å². The van der Waals surface area contributed by atoms with Gasteiger partial charge in [-0.05, 0) is 31.5 Å². The second-order valence-electron chi connectivity index (χ2n) is 4.55. The van der Waals surface area contributed by atoms with Gasteiger partial charge in [0.15, 0.2) is 11.5 Å². The van der Waals surface area contributed by atoms with Crippen LogP contribution in [0.15, 0.2) is 28.1 Å². The van der Waals surface area contributed by atoms with E-state index < -0.39 is 0 Å². The number of thiophene rings is 1. The van der Waals surface area contributed by atoms with Gasteiger partial charge in [0.1, 0.15) is 0 Å². The Bertz CT molecular complexity index is 678. The average Bonchev–Trinajstić information content (AvgIpc) is 3.18. The van der Waals surface area contributed by atoms with E-state index in [4.69, 9.17) is 4.52 Å². The Kier molecular flexibility index (Phi) is 5.11. The summed E-state index contributed by atoms with van der Waals surface area (Å²) >= 11 is 1.65. The lowest BCUT2D eigenvalue weighted by atomic mass is 10.2. The number of halogens is 1. The molecule has 3 aromatic heterocycles. The summed E-state index contributed by atoms with van der Waals surface area (Å²) in [6.07, 6.45) is 0.724. The molecule has 0 bridgehead atoms. The zero-order valence-electron chi connectivity index (χ0n) is 11.7. The van der Waals surface area contributed by atoms with Crippen molar-refractivity contribution in [3.8, 4) is 22.2 Å². The summed E-state index contributed by atoms with van der Waals surface area (Å²) in [6, 6.07) is 6.27. The molecular weight excluding hydrogens is 310 g/mol. The maximum absolute atomic E-state index is 5.26. The van der Waals surface area contributed by atoms with Crippen molar-refractivity contribution in [1.82, 2.24) is 25.7 Å². The topological polar surface area (TPSA) is 79.6 Å². The molecule has 8 heteroatoms. The molecule has 0 aliphatic carbocycles. The van der Waals surface area contributed by atoms with Crippen LogP contribution < -0.4 is 5.32 Å². The van der Waals surface area contributed by atoms with Crippen molar-refractivity contribution >= 4 is 23.7 Å². The number of aromatic amines is 1. The molecule has 112 valence electrons. The molecule has 3 aromatic rings. The Morgan fingerprint density at radius 3 is 3.05 bits per heavy atom. The smallest absolute Gasteiger partial charge is 0.278 e. The van der Waals surface area contributed by atoms with Crippen LogP contribution in [0.4, 0.5) is 0 Å². The Labute approximate surface area is 132 Å². The van der Waals surface area contributed by atoms with E-state index in [1.807, 2.05) is 30.6 Å². The van der Waals surface area contributed by atoms with E-state index in [0.29, 0.717) is 23.5 Å². The van der Waals surface area contributed by atoms with Crippen molar-refractivity contribution in [2.24, 2.45) is 0 Å². The SMILES string of the molecule is CNC(C)Cc1noc(-c2cc(-c3cccs3)[nH]n2)n1.Cl. The van der Waals surface area contributed by atoms with Crippen LogP contribution in [0.2, 0.25) is 0 Å². The lowest BCUT2D eigenvalue weighted by Gasteiger charge is -2.04. The average molecular weight is 326 g/mol. The van der Waals surface area contributed by atoms with Crippen molar-refractivity contribution in [3.63, 3.8) is 0 Å². The summed E-state index contributed by atoms with van der Waals surface area (Å²) in [6.45, 7) is 2.07. The number of nitrogens with one attached hydrogen (secondary N) is 2. The van der Waals surface area contributed by atoms with Gasteiger partial charge >= 0.3 is 0 Å². The normalized spacial score (nSPS) is 12.1. The van der Waals surface area contributed by atoms with E-state index >= 15 is 0 Å². The molecule has 0 aliphatic rings. The fraction of sp³-hybridized carbons (Fsp3) is 0.308. The number of nitrogens with zero attached hydrogens (tertiary/aromatic N) is 3. The molecule has 0 amide bonds. The third-order valence-electron chi connectivity index (χ3n) is 3.03. The molecule has 3 heterocycles. The molecular formula is C13H16ClN5OS. The second kappa shape index (κ2) is 6.84. The standard InChI is InChI=1S/C13H15N5OS.ClH/c1-8(14-2)6-12-15-13(19-18-12)10-7-9(16-17-10)11-4-3-5-20-11;/h3-5,7-8,14H,6H2,1-2H3,(H,16,17);1H. The molecule has 21 heavy (non-hydrogen) atoms. The molecule has 1 atom stereocenters. The third kappa shape index (κ3) is 3.49. The minimum absolute atomic E-state index is 0. The molecule has 0 radical (unpaired) electrons. The fourth-order valence-electron chi connectivity index (χ4n) is 1.81. The number of hydrogen-bond acceptors (Lipinski definition) is 6. The van der Waals surface area contributed by atoms with Crippen molar-refractivity contribution < 1.29 is 4.52 Å². The van der Waals surface area contributed by atoms with Crippen LogP contribution in [0.3, 0.4) is 0 Å². The highest BCUT2D eigenvalue weighted by atomic mass is 35.5. The number of rotatable bonds is 5. The monoisotopic (exact) mass is 325 g/mol. The predicted molar refractivity (Wildman–Crippen MR) is 84.7 cm³/mol. The predicted octanol–water partition coefficient (Wildman–Crippen LogP) is 2.76. The van der Waals surface area contributed by atoms with E-state index in [0.717, 1.165) is 17.0 Å². The molecule has 2 N–H and O–H groups in total. The number of likely N-dealkylation sites (N-methyl/N-ethyl adjacent to an activating group) is 1. The van der Waals surface area contributed by atoms with E-state index in [2.05, 4.69) is 32.6 Å². The molecule has 6 nitrogen and oxygen atoms in total. The molecule has 1 unspecified atom stereocenters. The van der Waals surface area contributed by atoms with Crippen LogP contribution in [-0.2, 0) is 6.42 Å². The Hall–Kier alpha value is -1.70. The number of H-pyrrole nitrogens is 1. The van der Waals surface area contributed by atoms with Gasteiger partial charge in [0.25, 0.3) is 5.89 Å². The van der Waals surface area contributed by atoms with Crippen LogP contribution in [-0.4, -0.2) is 33.4 Å². The third-order valence-corrected chi connectivity index (χ3v) is 3.94. The van der Waals surface area contributed by atoms with Crippen LogP contribution in [0.25, 0.3) is 22.2 Å². The quantitative estimate of drug-likeness (QED) is 0.754. The van der Waals surface area contributed by atoms with Gasteiger partial charge in [-0.2, -0.15) is 10.1 Å². The summed E-state index contributed by atoms with van der Waals surface area (Å²) in [4.78, 5) is 5.50. The van der Waals surface area contributed by atoms with Gasteiger partial charge in [-0.1, -0.05) is 11.2 Å². The first kappa shape index (κ1) is 15.7. The first-order valence-corrected chi connectivity index (χ1v) is 7.23. The Balaban J connectivity index is 0.00000161. The summed E-state index contributed by atoms with van der Waals surface area (Å²) in [5.41, 5.74) is 1.63. The highest BCUT2D eigenvalue weighted by Crippen LogP contribution is 2.26. The summed E-state index contributed by atoms with van der Waals surface area (Å²) in [7, 11) is 1.91. The number of aromatic nitrogens is 4. The summed E-state index contributed by atoms with van der Waals surface area (Å²) in [5.74, 6) is 1.13. The maximum atomic E-state index is 5.26. The zero-order chi connectivity index (χ0) is 13.9. The molecule has 3 rings (SSSR count). The van der Waals surface area contributed by atoms with Crippen molar-refractivity contribution in [2.75, 3.05) is 7.05 Å². The molecule has 0 aliphatic heterocycles. The van der Waals surface area contributed by atoms with Crippen molar-refractivity contribution in [1.29, 1.82) is 0 Å². The second-order valence-corrected chi connectivity index (χ2v) is 5.50. The van der Waals surface area contributed by atoms with Gasteiger partial charge < -0.3 is 9.84 Å². The van der Waals surface area contributed by atoms with E-state index in [-0.39, 0.29) is 12.4 Å². The fourth-order valence-corrected chi connectivity index (χ4v) is 2.50. The van der Waals surface area contributed by atoms with Gasteiger partial charge in [-0.25, -0.2) is 0 Å². The molecule has 0 aromatic carbocycles. The van der Waals surface area contributed by atoms with E-state index in [1.165, 1.54) is 0 Å². The first-order valence-electron chi connectivity index (χ1n) is 6.36. The zero-order valence-corrected chi connectivity index (χ0v) is 13.3. The lowest BCUT2D eigenvalue weighted by molar-refractivity contribution is 0.417. The van der Waals surface area contributed by atoms with Crippen LogP contribution in [0, 0.1) is 0 Å².